The molecule has 1 aliphatic heterocycles. The van der Waals surface area contributed by atoms with Crippen LogP contribution < -0.4 is 21.5 Å². The van der Waals surface area contributed by atoms with Crippen LogP contribution in [0.15, 0.2) is 17.1 Å². The number of nitrogens with one attached hydrogen (secondary N) is 1. The number of pyridine rings is 1. The van der Waals surface area contributed by atoms with Gasteiger partial charge in [0, 0.05) is 31.9 Å². The van der Waals surface area contributed by atoms with Crippen molar-refractivity contribution in [1.82, 2.24) is 9.99 Å². The molecule has 1 aliphatic rings. The van der Waals surface area contributed by atoms with Crippen molar-refractivity contribution in [1.29, 1.82) is 0 Å². The van der Waals surface area contributed by atoms with Crippen LogP contribution in [0.5, 0.6) is 0 Å². The van der Waals surface area contributed by atoms with E-state index in [0.29, 0.717) is 24.3 Å². The van der Waals surface area contributed by atoms with E-state index < -0.39 is 34.0 Å². The number of rotatable bonds is 2. The average Bonchev–Trinajstić information content (AvgIpc) is 2.50. The van der Waals surface area contributed by atoms with Crippen molar-refractivity contribution >= 4 is 22.6 Å². The van der Waals surface area contributed by atoms with Crippen LogP contribution in [-0.2, 0) is 0 Å². The molecule has 1 unspecified atom stereocenters. The summed E-state index contributed by atoms with van der Waals surface area (Å²) in [6, 6.07) is 0.890. The van der Waals surface area contributed by atoms with E-state index in [4.69, 9.17) is 10.9 Å². The molecule has 9 heteroatoms. The van der Waals surface area contributed by atoms with Crippen LogP contribution in [-0.4, -0.2) is 41.4 Å². The van der Waals surface area contributed by atoms with Gasteiger partial charge in [-0.15, -0.1) is 0 Å². The van der Waals surface area contributed by atoms with Crippen LogP contribution in [0.1, 0.15) is 17.3 Å². The highest BCUT2D eigenvalue weighted by Gasteiger charge is 2.26. The predicted molar refractivity (Wildman–Crippen MR) is 84.9 cm³/mol. The second-order valence-electron chi connectivity index (χ2n) is 5.80. The van der Waals surface area contributed by atoms with Gasteiger partial charge in [0.1, 0.15) is 22.6 Å². The molecule has 0 bridgehead atoms. The molecule has 1 atom stereocenters. The molecule has 4 N–H and O–H groups in total. The summed E-state index contributed by atoms with van der Waals surface area (Å²) in [5.41, 5.74) is -2.21. The Labute approximate surface area is 135 Å². The topological polar surface area (TPSA) is 101 Å². The number of carboxylic acids is 1. The van der Waals surface area contributed by atoms with E-state index in [1.807, 2.05) is 6.92 Å². The summed E-state index contributed by atoms with van der Waals surface area (Å²) in [5.74, 6) is 2.25. The maximum absolute atomic E-state index is 14.9. The minimum absolute atomic E-state index is 0.0442. The highest BCUT2D eigenvalue weighted by Crippen LogP contribution is 2.30. The van der Waals surface area contributed by atoms with Crippen LogP contribution in [0.2, 0.25) is 0 Å². The molecule has 2 aromatic rings. The molecule has 0 saturated carbocycles. The summed E-state index contributed by atoms with van der Waals surface area (Å²) in [4.78, 5) is 24.8. The van der Waals surface area contributed by atoms with E-state index in [1.165, 1.54) is 0 Å². The van der Waals surface area contributed by atoms with E-state index in [2.05, 4.69) is 5.32 Å². The number of piperazine rings is 1. The van der Waals surface area contributed by atoms with Crippen LogP contribution >= 0.6 is 0 Å². The third kappa shape index (κ3) is 2.46. The Morgan fingerprint density at radius 3 is 2.79 bits per heavy atom. The first kappa shape index (κ1) is 16.2. The molecule has 7 nitrogen and oxygen atoms in total. The number of anilines is 1. The quantitative estimate of drug-likeness (QED) is 0.689. The van der Waals surface area contributed by atoms with Gasteiger partial charge in [0.25, 0.3) is 0 Å². The number of benzene rings is 1. The van der Waals surface area contributed by atoms with Crippen molar-refractivity contribution in [3.8, 4) is 0 Å². The Morgan fingerprint density at radius 2 is 2.17 bits per heavy atom. The fourth-order valence-corrected chi connectivity index (χ4v) is 3.01. The highest BCUT2D eigenvalue weighted by molar-refractivity contribution is 5.93. The lowest BCUT2D eigenvalue weighted by molar-refractivity contribution is 0.0695. The molecule has 24 heavy (non-hydrogen) atoms. The zero-order valence-corrected chi connectivity index (χ0v) is 12.8. The molecule has 128 valence electrons. The SMILES string of the molecule is CC1CN(c2c(F)cc3c(=O)c(C(=O)O)cn(N)c3c2F)CCN1. The molecule has 1 saturated heterocycles. The third-order valence-electron chi connectivity index (χ3n) is 4.10. The monoisotopic (exact) mass is 338 g/mol. The Kier molecular flexibility index (Phi) is 3.88. The fourth-order valence-electron chi connectivity index (χ4n) is 3.01. The molecule has 1 fully saturated rings. The summed E-state index contributed by atoms with van der Waals surface area (Å²) in [6.45, 7) is 3.24. The van der Waals surface area contributed by atoms with Crippen molar-refractivity contribution in [2.24, 2.45) is 0 Å². The number of fused-ring (bicyclic) bond motifs is 1. The van der Waals surface area contributed by atoms with Gasteiger partial charge >= 0.3 is 5.97 Å². The highest BCUT2D eigenvalue weighted by atomic mass is 19.1. The minimum Gasteiger partial charge on any atom is -0.477 e. The summed E-state index contributed by atoms with van der Waals surface area (Å²) < 4.78 is 30.1. The normalized spacial score (nSPS) is 18.1. The van der Waals surface area contributed by atoms with E-state index in [-0.39, 0.29) is 17.2 Å². The molecule has 3 rings (SSSR count). The first-order valence-corrected chi connectivity index (χ1v) is 7.35. The molecule has 0 amide bonds. The molecule has 1 aromatic heterocycles. The standard InChI is InChI=1S/C15H16F2N4O3/c1-7-5-20(3-2-19-7)13-10(16)4-8-12(11(13)17)21(18)6-9(14(8)22)15(23)24/h4,6-7,19H,2-3,5,18H2,1H3,(H,23,24). The maximum Gasteiger partial charge on any atom is 0.341 e. The van der Waals surface area contributed by atoms with Crippen LogP contribution in [0.3, 0.4) is 0 Å². The number of nitrogens with zero attached hydrogens (tertiary/aromatic N) is 2. The number of nitrogens with two attached hydrogens (primary N) is 1. The van der Waals surface area contributed by atoms with E-state index in [0.717, 1.165) is 12.3 Å². The molecule has 0 radical (unpaired) electrons. The van der Waals surface area contributed by atoms with Gasteiger partial charge in [0.05, 0.1) is 5.39 Å². The summed E-state index contributed by atoms with van der Waals surface area (Å²) >= 11 is 0. The van der Waals surface area contributed by atoms with Crippen LogP contribution in [0.4, 0.5) is 14.5 Å². The second-order valence-corrected chi connectivity index (χ2v) is 5.80. The summed E-state index contributed by atoms with van der Waals surface area (Å²) in [6.07, 6.45) is 0.831. The molecule has 1 aromatic carbocycles. The number of halogens is 2. The predicted octanol–water partition coefficient (Wildman–Crippen LogP) is 0.490. The summed E-state index contributed by atoms with van der Waals surface area (Å²) in [5, 5.41) is 11.8. The van der Waals surface area contributed by atoms with Gasteiger partial charge < -0.3 is 21.2 Å². The second kappa shape index (κ2) is 5.75. The number of aromatic nitrogens is 1. The number of hydrogen-bond donors (Lipinski definition) is 3. The number of aromatic carboxylic acids is 1. The smallest absolute Gasteiger partial charge is 0.341 e. The van der Waals surface area contributed by atoms with E-state index >= 15 is 0 Å². The van der Waals surface area contributed by atoms with Crippen molar-refractivity contribution < 1.29 is 18.7 Å². The Hall–Kier alpha value is -2.68. The molecule has 0 spiro atoms. The maximum atomic E-state index is 14.9. The number of nitrogen functional groups attached to an aromatic ring is 1. The Bertz CT molecular complexity index is 897. The minimum atomic E-state index is -1.51. The van der Waals surface area contributed by atoms with Gasteiger partial charge in [0.2, 0.25) is 5.43 Å². The van der Waals surface area contributed by atoms with Crippen LogP contribution in [0.25, 0.3) is 10.9 Å². The number of hydrogen-bond acceptors (Lipinski definition) is 5. The zero-order valence-electron chi connectivity index (χ0n) is 12.8. The van der Waals surface area contributed by atoms with Gasteiger partial charge in [-0.1, -0.05) is 0 Å². The van der Waals surface area contributed by atoms with Crippen molar-refractivity contribution in [2.45, 2.75) is 13.0 Å². The van der Waals surface area contributed by atoms with Crippen molar-refractivity contribution in [3.05, 3.63) is 39.7 Å². The van der Waals surface area contributed by atoms with Gasteiger partial charge in [-0.3, -0.25) is 9.47 Å². The number of carbonyl (C=O) groups is 1. The first-order chi connectivity index (χ1) is 11.3. The largest absolute Gasteiger partial charge is 0.477 e. The lowest BCUT2D eigenvalue weighted by Crippen LogP contribution is -2.49. The van der Waals surface area contributed by atoms with Crippen molar-refractivity contribution in [2.75, 3.05) is 30.4 Å². The van der Waals surface area contributed by atoms with Gasteiger partial charge in [0.15, 0.2) is 5.82 Å². The van der Waals surface area contributed by atoms with E-state index in [1.54, 1.807) is 4.90 Å². The van der Waals surface area contributed by atoms with E-state index in [9.17, 15) is 18.4 Å². The lowest BCUT2D eigenvalue weighted by atomic mass is 10.1. The Balaban J connectivity index is 2.28. The molecule has 2 heterocycles. The number of carboxylic acid groups (broad SMARTS) is 1. The summed E-state index contributed by atoms with van der Waals surface area (Å²) in [7, 11) is 0. The molecular weight excluding hydrogens is 322 g/mol. The fraction of sp³-hybridized carbons (Fsp3) is 0.333. The van der Waals surface area contributed by atoms with Crippen LogP contribution in [0, 0.1) is 11.6 Å². The van der Waals surface area contributed by atoms with Crippen molar-refractivity contribution in [3.63, 3.8) is 0 Å². The van der Waals surface area contributed by atoms with Gasteiger partial charge in [-0.25, -0.2) is 13.6 Å². The lowest BCUT2D eigenvalue weighted by Gasteiger charge is -2.34. The Morgan fingerprint density at radius 1 is 1.46 bits per heavy atom. The average molecular weight is 338 g/mol. The molecular formula is C15H16F2N4O3. The molecule has 0 aliphatic carbocycles. The van der Waals surface area contributed by atoms with Gasteiger partial charge in [-0.05, 0) is 13.0 Å². The zero-order chi connectivity index (χ0) is 17.6. The first-order valence-electron chi connectivity index (χ1n) is 7.35. The third-order valence-corrected chi connectivity index (χ3v) is 4.10. The van der Waals surface area contributed by atoms with Gasteiger partial charge in [-0.2, -0.15) is 0 Å².